The van der Waals surface area contributed by atoms with Crippen molar-refractivity contribution in [3.63, 3.8) is 0 Å². The highest BCUT2D eigenvalue weighted by molar-refractivity contribution is 5.28. The van der Waals surface area contributed by atoms with E-state index in [9.17, 15) is 0 Å². The van der Waals surface area contributed by atoms with Crippen molar-refractivity contribution in [3.8, 4) is 5.75 Å². The van der Waals surface area contributed by atoms with E-state index in [0.29, 0.717) is 6.04 Å². The minimum Gasteiger partial charge on any atom is -0.497 e. The summed E-state index contributed by atoms with van der Waals surface area (Å²) in [6.07, 6.45) is 1.22. The van der Waals surface area contributed by atoms with Crippen LogP contribution in [0.25, 0.3) is 0 Å². The number of rotatable bonds is 3. The number of hydrogen-bond donors (Lipinski definition) is 1. The molecule has 0 amide bonds. The fraction of sp³-hybridized carbons (Fsp3) is 0.538. The Morgan fingerprint density at radius 2 is 2.38 bits per heavy atom. The molecular weight excluding hydrogens is 202 g/mol. The van der Waals surface area contributed by atoms with E-state index in [1.165, 1.54) is 5.56 Å². The maximum atomic E-state index is 5.76. The van der Waals surface area contributed by atoms with E-state index in [1.54, 1.807) is 7.11 Å². The molecule has 0 bridgehead atoms. The quantitative estimate of drug-likeness (QED) is 0.841. The van der Waals surface area contributed by atoms with Gasteiger partial charge < -0.3 is 14.8 Å². The highest BCUT2D eigenvalue weighted by Gasteiger charge is 2.18. The third kappa shape index (κ3) is 2.97. The normalized spacial score (nSPS) is 25.4. The Morgan fingerprint density at radius 3 is 3.06 bits per heavy atom. The first-order valence-electron chi connectivity index (χ1n) is 5.76. The van der Waals surface area contributed by atoms with Gasteiger partial charge in [0.05, 0.1) is 19.8 Å². The van der Waals surface area contributed by atoms with E-state index >= 15 is 0 Å². The topological polar surface area (TPSA) is 30.5 Å². The van der Waals surface area contributed by atoms with E-state index < -0.39 is 0 Å². The van der Waals surface area contributed by atoms with E-state index in [0.717, 1.165) is 25.3 Å². The minimum atomic E-state index is 0.281. The Kier molecular flexibility index (Phi) is 3.80. The lowest BCUT2D eigenvalue weighted by Gasteiger charge is -2.28. The summed E-state index contributed by atoms with van der Waals surface area (Å²) in [5.41, 5.74) is 1.26. The molecule has 1 N–H and O–H groups in total. The molecule has 1 aromatic carbocycles. The number of benzene rings is 1. The van der Waals surface area contributed by atoms with Gasteiger partial charge in [-0.1, -0.05) is 12.1 Å². The predicted molar refractivity (Wildman–Crippen MR) is 63.9 cm³/mol. The maximum Gasteiger partial charge on any atom is 0.119 e. The zero-order chi connectivity index (χ0) is 11.4. The van der Waals surface area contributed by atoms with Crippen LogP contribution >= 0.6 is 0 Å². The van der Waals surface area contributed by atoms with Gasteiger partial charge in [0.15, 0.2) is 0 Å². The lowest BCUT2D eigenvalue weighted by Crippen LogP contribution is -2.45. The third-order valence-corrected chi connectivity index (χ3v) is 2.87. The average Bonchev–Trinajstić information content (AvgIpc) is 2.32. The molecule has 1 saturated heterocycles. The van der Waals surface area contributed by atoms with Crippen LogP contribution in [0.15, 0.2) is 24.3 Å². The van der Waals surface area contributed by atoms with Gasteiger partial charge in [0.2, 0.25) is 0 Å². The van der Waals surface area contributed by atoms with Crippen molar-refractivity contribution in [1.82, 2.24) is 5.32 Å². The predicted octanol–water partition coefficient (Wildman–Crippen LogP) is 1.61. The summed E-state index contributed by atoms with van der Waals surface area (Å²) in [6, 6.07) is 8.64. The molecule has 0 spiro atoms. The standard InChI is InChI=1S/C13H19NO2/c1-10-9-16-13(8-14-10)7-11-4-3-5-12(6-11)15-2/h3-6,10,13-14H,7-9H2,1-2H3/t10-,13+/m0/s1. The lowest BCUT2D eigenvalue weighted by atomic mass is 10.1. The minimum absolute atomic E-state index is 0.281. The number of ether oxygens (including phenoxy) is 2. The highest BCUT2D eigenvalue weighted by Crippen LogP contribution is 2.15. The molecule has 1 heterocycles. The first kappa shape index (κ1) is 11.4. The van der Waals surface area contributed by atoms with E-state index in [1.807, 2.05) is 12.1 Å². The van der Waals surface area contributed by atoms with Gasteiger partial charge in [-0.05, 0) is 24.6 Å². The Bertz CT molecular complexity index is 332. The molecule has 0 unspecified atom stereocenters. The lowest BCUT2D eigenvalue weighted by molar-refractivity contribution is 0.00880. The molecule has 1 fully saturated rings. The number of nitrogens with one attached hydrogen (secondary N) is 1. The first-order valence-corrected chi connectivity index (χ1v) is 5.76. The summed E-state index contributed by atoms with van der Waals surface area (Å²) in [4.78, 5) is 0. The summed E-state index contributed by atoms with van der Waals surface area (Å²) in [6.45, 7) is 3.87. The summed E-state index contributed by atoms with van der Waals surface area (Å²) >= 11 is 0. The largest absolute Gasteiger partial charge is 0.497 e. The SMILES string of the molecule is COc1cccc(C[C@@H]2CN[C@@H](C)CO2)c1. The summed E-state index contributed by atoms with van der Waals surface area (Å²) < 4.78 is 11.0. The van der Waals surface area contributed by atoms with Crippen LogP contribution < -0.4 is 10.1 Å². The molecule has 2 atom stereocenters. The van der Waals surface area contributed by atoms with Gasteiger partial charge >= 0.3 is 0 Å². The second-order valence-electron chi connectivity index (χ2n) is 4.32. The van der Waals surface area contributed by atoms with Gasteiger partial charge in [-0.25, -0.2) is 0 Å². The van der Waals surface area contributed by atoms with Crippen molar-refractivity contribution >= 4 is 0 Å². The van der Waals surface area contributed by atoms with Crippen LogP contribution in [-0.4, -0.2) is 32.4 Å². The molecule has 88 valence electrons. The fourth-order valence-corrected chi connectivity index (χ4v) is 1.92. The van der Waals surface area contributed by atoms with Gasteiger partial charge in [-0.2, -0.15) is 0 Å². The van der Waals surface area contributed by atoms with Crippen LogP contribution in [0.3, 0.4) is 0 Å². The van der Waals surface area contributed by atoms with Crippen molar-refractivity contribution < 1.29 is 9.47 Å². The van der Waals surface area contributed by atoms with Crippen molar-refractivity contribution in [2.45, 2.75) is 25.5 Å². The molecular formula is C13H19NO2. The summed E-state index contributed by atoms with van der Waals surface area (Å²) in [7, 11) is 1.69. The number of methoxy groups -OCH3 is 1. The molecule has 2 rings (SSSR count). The van der Waals surface area contributed by atoms with Crippen LogP contribution in [0.5, 0.6) is 5.75 Å². The smallest absolute Gasteiger partial charge is 0.119 e. The zero-order valence-electron chi connectivity index (χ0n) is 9.90. The fourth-order valence-electron chi connectivity index (χ4n) is 1.92. The van der Waals surface area contributed by atoms with Crippen LogP contribution in [0, 0.1) is 0 Å². The van der Waals surface area contributed by atoms with Crippen molar-refractivity contribution in [2.24, 2.45) is 0 Å². The van der Waals surface area contributed by atoms with Gasteiger partial charge in [-0.15, -0.1) is 0 Å². The molecule has 0 aromatic heterocycles. The number of hydrogen-bond acceptors (Lipinski definition) is 3. The van der Waals surface area contributed by atoms with Gasteiger partial charge in [0.25, 0.3) is 0 Å². The van der Waals surface area contributed by atoms with Crippen LogP contribution in [-0.2, 0) is 11.2 Å². The monoisotopic (exact) mass is 221 g/mol. The molecule has 3 nitrogen and oxygen atoms in total. The summed E-state index contributed by atoms with van der Waals surface area (Å²) in [5, 5.41) is 3.42. The van der Waals surface area contributed by atoms with Crippen LogP contribution in [0.4, 0.5) is 0 Å². The van der Waals surface area contributed by atoms with Crippen LogP contribution in [0.1, 0.15) is 12.5 Å². The Labute approximate surface area is 96.8 Å². The second kappa shape index (κ2) is 5.32. The molecule has 0 radical (unpaired) electrons. The van der Waals surface area contributed by atoms with Crippen molar-refractivity contribution in [3.05, 3.63) is 29.8 Å². The molecule has 16 heavy (non-hydrogen) atoms. The summed E-state index contributed by atoms with van der Waals surface area (Å²) in [5.74, 6) is 0.912. The second-order valence-corrected chi connectivity index (χ2v) is 4.32. The Hall–Kier alpha value is -1.06. The molecule has 1 aliphatic heterocycles. The molecule has 0 saturated carbocycles. The highest BCUT2D eigenvalue weighted by atomic mass is 16.5. The van der Waals surface area contributed by atoms with Crippen molar-refractivity contribution in [1.29, 1.82) is 0 Å². The third-order valence-electron chi connectivity index (χ3n) is 2.87. The first-order chi connectivity index (χ1) is 7.78. The maximum absolute atomic E-state index is 5.76. The molecule has 1 aromatic rings. The van der Waals surface area contributed by atoms with Gasteiger partial charge in [-0.3, -0.25) is 0 Å². The van der Waals surface area contributed by atoms with E-state index in [-0.39, 0.29) is 6.10 Å². The van der Waals surface area contributed by atoms with E-state index in [2.05, 4.69) is 24.4 Å². The zero-order valence-corrected chi connectivity index (χ0v) is 9.90. The Balaban J connectivity index is 1.93. The molecule has 3 heteroatoms. The van der Waals surface area contributed by atoms with Gasteiger partial charge in [0.1, 0.15) is 5.75 Å². The molecule has 1 aliphatic rings. The number of morpholine rings is 1. The van der Waals surface area contributed by atoms with E-state index in [4.69, 9.17) is 9.47 Å². The Morgan fingerprint density at radius 1 is 1.50 bits per heavy atom. The average molecular weight is 221 g/mol. The van der Waals surface area contributed by atoms with Crippen molar-refractivity contribution in [2.75, 3.05) is 20.3 Å². The molecule has 0 aliphatic carbocycles. The van der Waals surface area contributed by atoms with Crippen LogP contribution in [0.2, 0.25) is 0 Å². The van der Waals surface area contributed by atoms with Gasteiger partial charge in [0, 0.05) is 19.0 Å².